The number of thiophene rings is 1. The molecular formula is C25H26FN5O2S. The molecule has 1 aromatic carbocycles. The number of benzene rings is 1. The van der Waals surface area contributed by atoms with Crippen molar-refractivity contribution in [2.45, 2.75) is 51.7 Å². The van der Waals surface area contributed by atoms with E-state index >= 15 is 0 Å². The van der Waals surface area contributed by atoms with Crippen molar-refractivity contribution in [3.63, 3.8) is 0 Å². The first-order valence-electron chi connectivity index (χ1n) is 11.2. The molecule has 3 aromatic heterocycles. The van der Waals surface area contributed by atoms with Crippen molar-refractivity contribution >= 4 is 44.1 Å². The monoisotopic (exact) mass is 479 g/mol. The number of carbonyl (C=O) groups excluding carboxylic acids is 1. The van der Waals surface area contributed by atoms with Gasteiger partial charge in [-0.05, 0) is 63.8 Å². The molecule has 4 aromatic rings. The molecule has 1 aliphatic rings. The van der Waals surface area contributed by atoms with E-state index in [0.29, 0.717) is 22.3 Å². The molecule has 34 heavy (non-hydrogen) atoms. The minimum absolute atomic E-state index is 0.0240. The van der Waals surface area contributed by atoms with E-state index in [4.69, 9.17) is 9.72 Å². The van der Waals surface area contributed by atoms with Crippen molar-refractivity contribution in [3.8, 4) is 11.4 Å². The normalized spacial score (nSPS) is 16.6. The van der Waals surface area contributed by atoms with Gasteiger partial charge in [0.25, 0.3) is 0 Å². The molecule has 0 saturated carbocycles. The predicted octanol–water partition coefficient (Wildman–Crippen LogP) is 5.84. The van der Waals surface area contributed by atoms with Gasteiger partial charge in [0.1, 0.15) is 15.9 Å². The standard InChI is InChI=1S/C25H26FN5O2S/c1-25(2,3)33-24(32)28-18-7-5-6-14(9-18)20-11-16-12-27-22(29-23(16)34-20)15-8-17-13-31(4)30-21(17)19(26)10-15/h6,8,10-13,18H,5,7,9H2,1-4H3,(H,28,32). The lowest BCUT2D eigenvalue weighted by Gasteiger charge is -2.26. The van der Waals surface area contributed by atoms with Crippen molar-refractivity contribution in [2.24, 2.45) is 7.05 Å². The maximum atomic E-state index is 14.5. The SMILES string of the molecule is Cn1cc2cc(-c3ncc4cc(C5=CCCC(NC(=O)OC(C)(C)C)C5)sc4n3)cc(F)c2n1. The van der Waals surface area contributed by atoms with E-state index in [-0.39, 0.29) is 18.0 Å². The first-order valence-corrected chi connectivity index (χ1v) is 12.0. The van der Waals surface area contributed by atoms with Crippen LogP contribution in [0.2, 0.25) is 0 Å². The summed E-state index contributed by atoms with van der Waals surface area (Å²) in [6.45, 7) is 5.57. The molecule has 0 saturated heterocycles. The van der Waals surface area contributed by atoms with E-state index in [1.54, 1.807) is 35.5 Å². The molecule has 1 aliphatic carbocycles. The number of aromatic nitrogens is 4. The lowest BCUT2D eigenvalue weighted by molar-refractivity contribution is 0.0502. The molecule has 1 amide bonds. The zero-order valence-electron chi connectivity index (χ0n) is 19.6. The molecule has 0 bridgehead atoms. The van der Waals surface area contributed by atoms with Gasteiger partial charge in [0.05, 0.1) is 0 Å². The lowest BCUT2D eigenvalue weighted by atomic mass is 9.94. The molecule has 0 fully saturated rings. The van der Waals surface area contributed by atoms with Crippen LogP contribution in [0.4, 0.5) is 9.18 Å². The number of rotatable bonds is 3. The number of ether oxygens (including phenoxy) is 1. The van der Waals surface area contributed by atoms with E-state index in [1.807, 2.05) is 26.8 Å². The third-order valence-corrected chi connectivity index (χ3v) is 6.74. The van der Waals surface area contributed by atoms with Crippen molar-refractivity contribution in [1.82, 2.24) is 25.1 Å². The molecule has 1 atom stereocenters. The van der Waals surface area contributed by atoms with Crippen LogP contribution in [0.15, 0.2) is 36.7 Å². The van der Waals surface area contributed by atoms with Crippen molar-refractivity contribution in [2.75, 3.05) is 0 Å². The number of halogens is 1. The smallest absolute Gasteiger partial charge is 0.407 e. The summed E-state index contributed by atoms with van der Waals surface area (Å²) in [6.07, 6.45) is 7.88. The fraction of sp³-hybridized carbons (Fsp3) is 0.360. The maximum Gasteiger partial charge on any atom is 0.407 e. The highest BCUT2D eigenvalue weighted by Crippen LogP contribution is 2.35. The van der Waals surface area contributed by atoms with Crippen LogP contribution in [0.1, 0.15) is 44.9 Å². The van der Waals surface area contributed by atoms with Gasteiger partial charge in [-0.2, -0.15) is 5.10 Å². The molecule has 0 spiro atoms. The number of carbonyl (C=O) groups is 1. The number of alkyl carbamates (subject to hydrolysis) is 1. The lowest BCUT2D eigenvalue weighted by Crippen LogP contribution is -2.39. The molecule has 0 aliphatic heterocycles. The van der Waals surface area contributed by atoms with Gasteiger partial charge in [-0.25, -0.2) is 19.2 Å². The van der Waals surface area contributed by atoms with E-state index in [2.05, 4.69) is 27.5 Å². The predicted molar refractivity (Wildman–Crippen MR) is 132 cm³/mol. The van der Waals surface area contributed by atoms with Crippen LogP contribution < -0.4 is 5.32 Å². The fourth-order valence-corrected chi connectivity index (χ4v) is 5.23. The van der Waals surface area contributed by atoms with Gasteiger partial charge in [-0.15, -0.1) is 11.3 Å². The van der Waals surface area contributed by atoms with Crippen LogP contribution in [0, 0.1) is 5.82 Å². The Morgan fingerprint density at radius 2 is 2.09 bits per heavy atom. The van der Waals surface area contributed by atoms with Gasteiger partial charge in [0, 0.05) is 46.7 Å². The fourth-order valence-electron chi connectivity index (χ4n) is 4.18. The zero-order chi connectivity index (χ0) is 24.0. The summed E-state index contributed by atoms with van der Waals surface area (Å²) >= 11 is 1.58. The van der Waals surface area contributed by atoms with Crippen LogP contribution in [-0.2, 0) is 11.8 Å². The van der Waals surface area contributed by atoms with Crippen molar-refractivity contribution in [1.29, 1.82) is 0 Å². The van der Waals surface area contributed by atoms with Gasteiger partial charge in [-0.1, -0.05) is 6.08 Å². The van der Waals surface area contributed by atoms with Crippen LogP contribution in [0.3, 0.4) is 0 Å². The molecule has 0 radical (unpaired) electrons. The van der Waals surface area contributed by atoms with E-state index in [1.165, 1.54) is 11.6 Å². The molecule has 5 rings (SSSR count). The average Bonchev–Trinajstić information content (AvgIpc) is 3.35. The summed E-state index contributed by atoms with van der Waals surface area (Å²) in [4.78, 5) is 23.3. The minimum Gasteiger partial charge on any atom is -0.444 e. The first-order chi connectivity index (χ1) is 16.1. The van der Waals surface area contributed by atoms with Gasteiger partial charge in [-0.3, -0.25) is 4.68 Å². The quantitative estimate of drug-likeness (QED) is 0.399. The van der Waals surface area contributed by atoms with Crippen LogP contribution in [0.25, 0.3) is 38.1 Å². The molecule has 1 unspecified atom stereocenters. The number of nitrogens with zero attached hydrogens (tertiary/aromatic N) is 4. The molecule has 3 heterocycles. The summed E-state index contributed by atoms with van der Waals surface area (Å²) in [5.74, 6) is 0.0900. The van der Waals surface area contributed by atoms with Gasteiger partial charge < -0.3 is 10.1 Å². The van der Waals surface area contributed by atoms with Gasteiger partial charge in [0.2, 0.25) is 0 Å². The van der Waals surface area contributed by atoms with E-state index in [9.17, 15) is 9.18 Å². The number of nitrogens with one attached hydrogen (secondary N) is 1. The minimum atomic E-state index is -0.524. The summed E-state index contributed by atoms with van der Waals surface area (Å²) in [5, 5.41) is 8.80. The number of aryl methyl sites for hydroxylation is 1. The number of amides is 1. The zero-order valence-corrected chi connectivity index (χ0v) is 20.4. The second kappa shape index (κ2) is 8.47. The third kappa shape index (κ3) is 4.65. The van der Waals surface area contributed by atoms with Crippen LogP contribution >= 0.6 is 11.3 Å². The highest BCUT2D eigenvalue weighted by atomic mass is 32.1. The highest BCUT2D eigenvalue weighted by molar-refractivity contribution is 7.19. The topological polar surface area (TPSA) is 81.9 Å². The molecule has 9 heteroatoms. The molecule has 7 nitrogen and oxygen atoms in total. The second-order valence-electron chi connectivity index (χ2n) is 9.62. The Morgan fingerprint density at radius 3 is 2.88 bits per heavy atom. The number of hydrogen-bond donors (Lipinski definition) is 1. The third-order valence-electron chi connectivity index (χ3n) is 5.62. The molecule has 1 N–H and O–H groups in total. The van der Waals surface area contributed by atoms with E-state index in [0.717, 1.165) is 34.4 Å². The number of fused-ring (bicyclic) bond motifs is 2. The van der Waals surface area contributed by atoms with Crippen LogP contribution in [0.5, 0.6) is 0 Å². The first kappa shape index (κ1) is 22.5. The Kier molecular flexibility index (Phi) is 5.59. The summed E-state index contributed by atoms with van der Waals surface area (Å²) in [5.41, 5.74) is 1.61. The summed E-state index contributed by atoms with van der Waals surface area (Å²) in [6, 6.07) is 5.39. The van der Waals surface area contributed by atoms with Gasteiger partial charge in [0.15, 0.2) is 11.6 Å². The Morgan fingerprint density at radius 1 is 1.26 bits per heavy atom. The molecule has 176 valence electrons. The summed E-state index contributed by atoms with van der Waals surface area (Å²) < 4.78 is 21.5. The average molecular weight is 480 g/mol. The van der Waals surface area contributed by atoms with Crippen molar-refractivity contribution < 1.29 is 13.9 Å². The van der Waals surface area contributed by atoms with Crippen molar-refractivity contribution in [3.05, 3.63) is 47.4 Å². The van der Waals surface area contributed by atoms with Gasteiger partial charge >= 0.3 is 6.09 Å². The second-order valence-corrected chi connectivity index (χ2v) is 10.6. The largest absolute Gasteiger partial charge is 0.444 e. The maximum absolute atomic E-state index is 14.5. The Balaban J connectivity index is 1.38. The van der Waals surface area contributed by atoms with Crippen LogP contribution in [-0.4, -0.2) is 37.5 Å². The highest BCUT2D eigenvalue weighted by Gasteiger charge is 2.23. The Hall–Kier alpha value is -3.33. The Bertz CT molecular complexity index is 1430. The summed E-state index contributed by atoms with van der Waals surface area (Å²) in [7, 11) is 1.77. The number of allylic oxidation sites excluding steroid dienone is 1. The molecular weight excluding hydrogens is 453 g/mol. The Labute approximate surface area is 200 Å². The van der Waals surface area contributed by atoms with E-state index < -0.39 is 5.60 Å². The number of hydrogen-bond acceptors (Lipinski definition) is 6.